The molecule has 2 aromatic rings. The van der Waals surface area contributed by atoms with E-state index in [2.05, 4.69) is 15.4 Å². The maximum Gasteiger partial charge on any atom is 0.269 e. The van der Waals surface area contributed by atoms with Crippen molar-refractivity contribution in [3.05, 3.63) is 23.7 Å². The molecule has 4 atom stereocenters. The first-order valence-electron chi connectivity index (χ1n) is 10.3. The van der Waals surface area contributed by atoms with Gasteiger partial charge in [0.15, 0.2) is 5.69 Å². The number of halogens is 2. The topological polar surface area (TPSA) is 123 Å². The molecular formula is C20H22Cl2N6O3. The fourth-order valence-corrected chi connectivity index (χ4v) is 5.21. The monoisotopic (exact) mass is 464 g/mol. The van der Waals surface area contributed by atoms with Crippen molar-refractivity contribution in [1.29, 1.82) is 0 Å². The zero-order chi connectivity index (χ0) is 22.1. The molecule has 31 heavy (non-hydrogen) atoms. The summed E-state index contributed by atoms with van der Waals surface area (Å²) in [6.07, 6.45) is 3.77. The summed E-state index contributed by atoms with van der Waals surface area (Å²) in [5, 5.41) is 7.73. The second kappa shape index (κ2) is 7.06. The van der Waals surface area contributed by atoms with Crippen LogP contribution in [0.2, 0.25) is 0 Å². The van der Waals surface area contributed by atoms with Gasteiger partial charge in [-0.25, -0.2) is 0 Å². The Morgan fingerprint density at radius 2 is 2.06 bits per heavy atom. The van der Waals surface area contributed by atoms with Crippen molar-refractivity contribution in [2.75, 3.05) is 6.54 Å². The first kappa shape index (κ1) is 20.5. The number of rotatable bonds is 6. The normalized spacial score (nSPS) is 27.8. The zero-order valence-electron chi connectivity index (χ0n) is 16.8. The van der Waals surface area contributed by atoms with Gasteiger partial charge in [0.2, 0.25) is 11.8 Å². The van der Waals surface area contributed by atoms with E-state index in [1.165, 1.54) is 4.68 Å². The van der Waals surface area contributed by atoms with Gasteiger partial charge >= 0.3 is 0 Å². The molecule has 164 valence electrons. The molecule has 2 aliphatic carbocycles. The number of hydrogen-bond donors (Lipinski definition) is 2. The fraction of sp³-hybridized carbons (Fsp3) is 0.550. The van der Waals surface area contributed by atoms with Gasteiger partial charge in [-0.3, -0.25) is 24.0 Å². The van der Waals surface area contributed by atoms with Crippen molar-refractivity contribution in [2.24, 2.45) is 17.6 Å². The molecule has 1 unspecified atom stereocenters. The second-order valence-corrected chi connectivity index (χ2v) is 10.2. The third-order valence-corrected chi connectivity index (χ3v) is 7.46. The van der Waals surface area contributed by atoms with Gasteiger partial charge < -0.3 is 16.0 Å². The third kappa shape index (κ3) is 3.53. The molecule has 0 radical (unpaired) electrons. The van der Waals surface area contributed by atoms with Crippen molar-refractivity contribution < 1.29 is 14.4 Å². The van der Waals surface area contributed by atoms with Crippen LogP contribution in [-0.2, 0) is 16.1 Å². The van der Waals surface area contributed by atoms with E-state index in [1.54, 1.807) is 24.1 Å². The average Bonchev–Trinajstić information content (AvgIpc) is 3.48. The number of aryl methyl sites for hydroxylation is 1. The SMILES string of the molecule is Cc1nccc2c(C(N)=O)nn(CC(=O)N3[C@@H]4C[C@@H]4C[C@H]3C(=O)NCC3CC3(Cl)Cl)c12. The number of nitrogens with two attached hydrogens (primary N) is 1. The van der Waals surface area contributed by atoms with Crippen molar-refractivity contribution in [1.82, 2.24) is 25.0 Å². The Kier molecular flexibility index (Phi) is 4.67. The van der Waals surface area contributed by atoms with Crippen LogP contribution in [0.3, 0.4) is 0 Å². The highest BCUT2D eigenvalue weighted by Gasteiger charge is 2.56. The summed E-state index contributed by atoms with van der Waals surface area (Å²) in [4.78, 5) is 43.8. The molecule has 1 aliphatic heterocycles. The first-order chi connectivity index (χ1) is 14.7. The fourth-order valence-electron chi connectivity index (χ4n) is 4.69. The minimum atomic E-state index is -0.758. The molecule has 9 nitrogen and oxygen atoms in total. The minimum Gasteiger partial charge on any atom is -0.364 e. The Labute approximate surface area is 188 Å². The predicted octanol–water partition coefficient (Wildman–Crippen LogP) is 1.14. The van der Waals surface area contributed by atoms with E-state index in [1.807, 2.05) is 0 Å². The highest BCUT2D eigenvalue weighted by Crippen LogP contribution is 2.53. The summed E-state index contributed by atoms with van der Waals surface area (Å²) >= 11 is 12.1. The number of nitrogens with one attached hydrogen (secondary N) is 1. The lowest BCUT2D eigenvalue weighted by atomic mass is 10.1. The summed E-state index contributed by atoms with van der Waals surface area (Å²) in [6, 6.07) is 1.21. The molecule has 3 aliphatic rings. The van der Waals surface area contributed by atoms with Crippen molar-refractivity contribution in [3.8, 4) is 0 Å². The third-order valence-electron chi connectivity index (χ3n) is 6.53. The molecule has 2 saturated carbocycles. The van der Waals surface area contributed by atoms with Crippen LogP contribution in [-0.4, -0.2) is 60.3 Å². The number of fused-ring (bicyclic) bond motifs is 2. The Balaban J connectivity index is 1.35. The standard InChI is InChI=1S/C20H22Cl2N6O3/c1-9-17-12(2-3-24-9)16(18(23)30)26-27(17)8-15(29)28-13-4-10(13)5-14(28)19(31)25-7-11-6-20(11,21)22/h2-3,10-11,13-14H,4-8H2,1H3,(H2,23,30)(H,25,31)/t10-,11?,13-,14+/m1/s1. The predicted molar refractivity (Wildman–Crippen MR) is 113 cm³/mol. The van der Waals surface area contributed by atoms with Crippen LogP contribution >= 0.6 is 23.2 Å². The van der Waals surface area contributed by atoms with Crippen LogP contribution in [0, 0.1) is 18.8 Å². The van der Waals surface area contributed by atoms with E-state index in [0.717, 1.165) is 6.42 Å². The van der Waals surface area contributed by atoms with E-state index in [9.17, 15) is 14.4 Å². The van der Waals surface area contributed by atoms with Gasteiger partial charge in [0, 0.05) is 30.1 Å². The number of piperidine rings is 1. The summed E-state index contributed by atoms with van der Waals surface area (Å²) in [5.41, 5.74) is 6.80. The molecule has 5 rings (SSSR count). The molecule has 1 saturated heterocycles. The number of pyridine rings is 1. The Hall–Kier alpha value is -2.39. The zero-order valence-corrected chi connectivity index (χ0v) is 18.4. The van der Waals surface area contributed by atoms with Crippen molar-refractivity contribution >= 4 is 51.8 Å². The molecule has 3 N–H and O–H groups in total. The lowest BCUT2D eigenvalue weighted by molar-refractivity contribution is -0.140. The molecule has 0 aromatic carbocycles. The Morgan fingerprint density at radius 1 is 1.32 bits per heavy atom. The molecule has 0 spiro atoms. The van der Waals surface area contributed by atoms with Crippen LogP contribution in [0.5, 0.6) is 0 Å². The van der Waals surface area contributed by atoms with Gasteiger partial charge in [0.1, 0.15) is 16.9 Å². The molecule has 2 aromatic heterocycles. The smallest absolute Gasteiger partial charge is 0.269 e. The summed E-state index contributed by atoms with van der Waals surface area (Å²) in [6.45, 7) is 2.08. The quantitative estimate of drug-likeness (QED) is 0.620. The number of hydrogen-bond acceptors (Lipinski definition) is 5. The number of carbonyl (C=O) groups excluding carboxylic acids is 3. The highest BCUT2D eigenvalue weighted by atomic mass is 35.5. The number of nitrogens with zero attached hydrogens (tertiary/aromatic N) is 4. The van der Waals surface area contributed by atoms with E-state index < -0.39 is 16.3 Å². The molecule has 0 bridgehead atoms. The number of aromatic nitrogens is 3. The average molecular weight is 465 g/mol. The number of amides is 3. The van der Waals surface area contributed by atoms with Crippen molar-refractivity contribution in [2.45, 2.75) is 49.1 Å². The molecule has 3 heterocycles. The van der Waals surface area contributed by atoms with E-state index >= 15 is 0 Å². The highest BCUT2D eigenvalue weighted by molar-refractivity contribution is 6.50. The molecular weight excluding hydrogens is 443 g/mol. The second-order valence-electron chi connectivity index (χ2n) is 8.69. The molecule has 3 amide bonds. The summed E-state index contributed by atoms with van der Waals surface area (Å²) < 4.78 is 0.704. The van der Waals surface area contributed by atoms with Crippen LogP contribution in [0.25, 0.3) is 10.9 Å². The van der Waals surface area contributed by atoms with E-state index in [4.69, 9.17) is 28.9 Å². The first-order valence-corrected chi connectivity index (χ1v) is 11.0. The number of carbonyl (C=O) groups is 3. The van der Waals surface area contributed by atoms with Gasteiger partial charge in [0.25, 0.3) is 5.91 Å². The largest absolute Gasteiger partial charge is 0.364 e. The van der Waals surface area contributed by atoms with Crippen LogP contribution < -0.4 is 11.1 Å². The number of alkyl halides is 2. The van der Waals surface area contributed by atoms with Crippen LogP contribution in [0.1, 0.15) is 35.4 Å². The lowest BCUT2D eigenvalue weighted by Gasteiger charge is -2.27. The van der Waals surface area contributed by atoms with Crippen LogP contribution in [0.4, 0.5) is 0 Å². The van der Waals surface area contributed by atoms with Gasteiger partial charge in [-0.15, -0.1) is 23.2 Å². The van der Waals surface area contributed by atoms with Gasteiger partial charge in [0.05, 0.1) is 11.2 Å². The minimum absolute atomic E-state index is 0.0398. The summed E-state index contributed by atoms with van der Waals surface area (Å²) in [5.74, 6) is -0.684. The lowest BCUT2D eigenvalue weighted by Crippen LogP contribution is -2.49. The number of primary amides is 1. The van der Waals surface area contributed by atoms with Gasteiger partial charge in [-0.2, -0.15) is 5.10 Å². The van der Waals surface area contributed by atoms with E-state index in [-0.39, 0.29) is 36.0 Å². The van der Waals surface area contributed by atoms with Gasteiger partial charge in [-0.05, 0) is 38.2 Å². The van der Waals surface area contributed by atoms with Crippen molar-refractivity contribution in [3.63, 3.8) is 0 Å². The maximum absolute atomic E-state index is 13.3. The number of likely N-dealkylation sites (tertiary alicyclic amines) is 1. The van der Waals surface area contributed by atoms with Crippen LogP contribution in [0.15, 0.2) is 12.3 Å². The summed E-state index contributed by atoms with van der Waals surface area (Å²) in [7, 11) is 0. The maximum atomic E-state index is 13.3. The Bertz CT molecular complexity index is 1120. The molecule has 11 heteroatoms. The van der Waals surface area contributed by atoms with E-state index in [0.29, 0.717) is 41.9 Å². The Morgan fingerprint density at radius 3 is 2.74 bits per heavy atom. The molecule has 3 fully saturated rings. The van der Waals surface area contributed by atoms with Gasteiger partial charge in [-0.1, -0.05) is 0 Å².